The highest BCUT2D eigenvalue weighted by Crippen LogP contribution is 2.20. The van der Waals surface area contributed by atoms with Crippen LogP contribution in [0.15, 0.2) is 6.07 Å². The lowest BCUT2D eigenvalue weighted by atomic mass is 10.0. The molecule has 0 aromatic carbocycles. The number of nitrogens with one attached hydrogen (secondary N) is 1. The zero-order chi connectivity index (χ0) is 14.6. The first-order valence-corrected chi connectivity index (χ1v) is 7.63. The van der Waals surface area contributed by atoms with Gasteiger partial charge in [-0.15, -0.1) is 11.3 Å². The minimum atomic E-state index is 0.0642. The minimum absolute atomic E-state index is 0.0642. The number of hydrogen-bond acceptors (Lipinski definition) is 3. The van der Waals surface area contributed by atoms with Gasteiger partial charge in [0.15, 0.2) is 0 Å². The van der Waals surface area contributed by atoms with E-state index in [-0.39, 0.29) is 11.9 Å². The molecule has 1 unspecified atom stereocenters. The summed E-state index contributed by atoms with van der Waals surface area (Å²) in [6.45, 7) is 9.31. The van der Waals surface area contributed by atoms with Gasteiger partial charge < -0.3 is 10.2 Å². The van der Waals surface area contributed by atoms with Crippen LogP contribution in [0, 0.1) is 19.8 Å². The Bertz CT molecular complexity index is 414. The van der Waals surface area contributed by atoms with Crippen LogP contribution >= 0.6 is 11.3 Å². The first-order valence-electron chi connectivity index (χ1n) is 6.82. The highest BCUT2D eigenvalue weighted by Gasteiger charge is 2.18. The number of thiophene rings is 1. The zero-order valence-corrected chi connectivity index (χ0v) is 13.7. The Morgan fingerprint density at radius 2 is 2.00 bits per heavy atom. The number of nitrogens with zero attached hydrogens (tertiary/aromatic N) is 1. The highest BCUT2D eigenvalue weighted by atomic mass is 32.1. The molecule has 1 aromatic rings. The van der Waals surface area contributed by atoms with Crippen LogP contribution < -0.4 is 5.32 Å². The molecule has 0 saturated carbocycles. The summed E-state index contributed by atoms with van der Waals surface area (Å²) in [4.78, 5) is 16.7. The van der Waals surface area contributed by atoms with Gasteiger partial charge in [0.05, 0.1) is 5.56 Å². The summed E-state index contributed by atoms with van der Waals surface area (Å²) in [5.74, 6) is 0.643. The number of carbonyl (C=O) groups excluding carboxylic acids is 1. The summed E-state index contributed by atoms with van der Waals surface area (Å²) >= 11 is 1.68. The van der Waals surface area contributed by atoms with Gasteiger partial charge in [-0.2, -0.15) is 0 Å². The Morgan fingerprint density at radius 3 is 2.42 bits per heavy atom. The summed E-state index contributed by atoms with van der Waals surface area (Å²) in [6, 6.07) is 2.19. The first kappa shape index (κ1) is 16.2. The van der Waals surface area contributed by atoms with E-state index in [9.17, 15) is 4.79 Å². The molecule has 1 atom stereocenters. The van der Waals surface area contributed by atoms with Crippen LogP contribution in [0.5, 0.6) is 0 Å². The number of carbonyl (C=O) groups is 1. The molecule has 1 heterocycles. The fourth-order valence-electron chi connectivity index (χ4n) is 2.31. The Balaban J connectivity index is 2.72. The molecule has 0 aliphatic heterocycles. The second-order valence-electron chi connectivity index (χ2n) is 5.89. The lowest BCUT2D eigenvalue weighted by Crippen LogP contribution is -2.42. The van der Waals surface area contributed by atoms with E-state index in [0.717, 1.165) is 23.4 Å². The largest absolute Gasteiger partial charge is 0.348 e. The van der Waals surface area contributed by atoms with Crippen LogP contribution in [0.2, 0.25) is 0 Å². The van der Waals surface area contributed by atoms with Crippen molar-refractivity contribution in [2.45, 2.75) is 40.2 Å². The standard InChI is InChI=1S/C15H26N2OS/c1-10(2)7-13(9-17(5)6)16-15(18)14-8-11(3)19-12(14)4/h8,10,13H,7,9H2,1-6H3,(H,16,18). The van der Waals surface area contributed by atoms with Gasteiger partial charge in [-0.3, -0.25) is 4.79 Å². The summed E-state index contributed by atoms with van der Waals surface area (Å²) in [5.41, 5.74) is 0.829. The van der Waals surface area contributed by atoms with Crippen LogP contribution in [-0.2, 0) is 0 Å². The van der Waals surface area contributed by atoms with E-state index in [1.807, 2.05) is 34.0 Å². The fourth-order valence-corrected chi connectivity index (χ4v) is 3.23. The van der Waals surface area contributed by atoms with Gasteiger partial charge in [-0.05, 0) is 46.3 Å². The lowest BCUT2D eigenvalue weighted by Gasteiger charge is -2.24. The number of rotatable bonds is 6. The molecule has 0 aliphatic carbocycles. The van der Waals surface area contributed by atoms with Crippen molar-refractivity contribution < 1.29 is 4.79 Å². The van der Waals surface area contributed by atoms with Gasteiger partial charge >= 0.3 is 0 Å². The average Bonchev–Trinajstić information content (AvgIpc) is 2.55. The highest BCUT2D eigenvalue weighted by molar-refractivity contribution is 7.12. The fraction of sp³-hybridized carbons (Fsp3) is 0.667. The monoisotopic (exact) mass is 282 g/mol. The smallest absolute Gasteiger partial charge is 0.252 e. The Morgan fingerprint density at radius 1 is 1.37 bits per heavy atom. The molecule has 0 aliphatic rings. The molecule has 108 valence electrons. The maximum absolute atomic E-state index is 12.3. The van der Waals surface area contributed by atoms with Crippen molar-refractivity contribution >= 4 is 17.2 Å². The normalized spacial score (nSPS) is 13.1. The van der Waals surface area contributed by atoms with E-state index in [0.29, 0.717) is 5.92 Å². The molecule has 1 aromatic heterocycles. The van der Waals surface area contributed by atoms with Crippen molar-refractivity contribution in [3.8, 4) is 0 Å². The van der Waals surface area contributed by atoms with Gasteiger partial charge in [0.2, 0.25) is 0 Å². The van der Waals surface area contributed by atoms with Crippen LogP contribution in [0.3, 0.4) is 0 Å². The number of hydrogen-bond donors (Lipinski definition) is 1. The van der Waals surface area contributed by atoms with E-state index < -0.39 is 0 Å². The molecule has 0 bridgehead atoms. The first-order chi connectivity index (χ1) is 8.79. The average molecular weight is 282 g/mol. The third-order valence-corrected chi connectivity index (χ3v) is 3.93. The molecule has 0 radical (unpaired) electrons. The predicted octanol–water partition coefficient (Wildman–Crippen LogP) is 3.07. The Labute approximate surface area is 121 Å². The van der Waals surface area contributed by atoms with Crippen molar-refractivity contribution in [3.05, 3.63) is 21.4 Å². The molecule has 0 fully saturated rings. The Kier molecular flexibility index (Phi) is 6.01. The summed E-state index contributed by atoms with van der Waals surface area (Å²) in [6.07, 6.45) is 1.01. The molecule has 0 spiro atoms. The quantitative estimate of drug-likeness (QED) is 0.869. The molecule has 0 saturated heterocycles. The van der Waals surface area contributed by atoms with E-state index in [1.54, 1.807) is 11.3 Å². The zero-order valence-electron chi connectivity index (χ0n) is 12.9. The Hall–Kier alpha value is -0.870. The van der Waals surface area contributed by atoms with E-state index >= 15 is 0 Å². The third kappa shape index (κ3) is 5.33. The number of amides is 1. The summed E-state index contributed by atoms with van der Waals surface area (Å²) in [5, 5.41) is 3.18. The van der Waals surface area contributed by atoms with Gasteiger partial charge in [0, 0.05) is 22.3 Å². The SMILES string of the molecule is Cc1cc(C(=O)NC(CC(C)C)CN(C)C)c(C)s1. The van der Waals surface area contributed by atoms with E-state index in [4.69, 9.17) is 0 Å². The molecule has 1 amide bonds. The van der Waals surface area contributed by atoms with Crippen molar-refractivity contribution in [3.63, 3.8) is 0 Å². The maximum Gasteiger partial charge on any atom is 0.252 e. The van der Waals surface area contributed by atoms with Crippen LogP contribution in [0.4, 0.5) is 0 Å². The minimum Gasteiger partial charge on any atom is -0.348 e. The van der Waals surface area contributed by atoms with Crippen LogP contribution in [0.1, 0.15) is 40.4 Å². The van der Waals surface area contributed by atoms with Gasteiger partial charge in [-0.1, -0.05) is 13.8 Å². The second kappa shape index (κ2) is 7.06. The van der Waals surface area contributed by atoms with E-state index in [1.165, 1.54) is 4.88 Å². The molecule has 1 rings (SSSR count). The van der Waals surface area contributed by atoms with Crippen LogP contribution in [-0.4, -0.2) is 37.5 Å². The molecule has 4 heteroatoms. The molecular formula is C15H26N2OS. The second-order valence-corrected chi connectivity index (χ2v) is 7.35. The molecule has 1 N–H and O–H groups in total. The van der Waals surface area contributed by atoms with Crippen molar-refractivity contribution in [2.24, 2.45) is 5.92 Å². The molecule has 19 heavy (non-hydrogen) atoms. The van der Waals surface area contributed by atoms with Crippen molar-refractivity contribution in [1.29, 1.82) is 0 Å². The van der Waals surface area contributed by atoms with Gasteiger partial charge in [0.25, 0.3) is 5.91 Å². The third-order valence-electron chi connectivity index (χ3n) is 2.96. The maximum atomic E-state index is 12.3. The van der Waals surface area contributed by atoms with Crippen molar-refractivity contribution in [2.75, 3.05) is 20.6 Å². The predicted molar refractivity (Wildman–Crippen MR) is 83.1 cm³/mol. The molecule has 3 nitrogen and oxygen atoms in total. The van der Waals surface area contributed by atoms with Crippen LogP contribution in [0.25, 0.3) is 0 Å². The summed E-state index contributed by atoms with van der Waals surface area (Å²) < 4.78 is 0. The number of likely N-dealkylation sites (N-methyl/N-ethyl adjacent to an activating group) is 1. The lowest BCUT2D eigenvalue weighted by molar-refractivity contribution is 0.0924. The topological polar surface area (TPSA) is 32.3 Å². The number of aryl methyl sites for hydroxylation is 2. The summed E-state index contributed by atoms with van der Waals surface area (Å²) in [7, 11) is 4.08. The van der Waals surface area contributed by atoms with Gasteiger partial charge in [0.1, 0.15) is 0 Å². The molecular weight excluding hydrogens is 256 g/mol. The van der Waals surface area contributed by atoms with E-state index in [2.05, 4.69) is 24.1 Å². The van der Waals surface area contributed by atoms with Gasteiger partial charge in [-0.25, -0.2) is 0 Å². The van der Waals surface area contributed by atoms with Crippen molar-refractivity contribution in [1.82, 2.24) is 10.2 Å².